The number of halogens is 3. The van der Waals surface area contributed by atoms with E-state index in [2.05, 4.69) is 9.72 Å². The Hall–Kier alpha value is -1.50. The van der Waals surface area contributed by atoms with E-state index in [0.29, 0.717) is 0 Å². The Kier molecular flexibility index (Phi) is 3.94. The first-order chi connectivity index (χ1) is 7.51. The fourth-order valence-electron chi connectivity index (χ4n) is 1.15. The van der Waals surface area contributed by atoms with E-state index in [0.717, 1.165) is 13.2 Å². The van der Waals surface area contributed by atoms with Crippen LogP contribution in [0.1, 0.15) is 17.7 Å². The Bertz CT molecular complexity index is 415. The molecule has 0 fully saturated rings. The summed E-state index contributed by atoms with van der Waals surface area (Å²) in [6.07, 6.45) is -3.03. The molecule has 0 unspecified atom stereocenters. The highest BCUT2D eigenvalue weighted by atomic mass is 35.5. The zero-order valence-corrected chi connectivity index (χ0v) is 8.87. The number of rotatable bonds is 4. The van der Waals surface area contributed by atoms with Crippen LogP contribution < -0.4 is 4.74 Å². The van der Waals surface area contributed by atoms with Gasteiger partial charge in [0.25, 0.3) is 12.1 Å². The average Bonchev–Trinajstić information content (AvgIpc) is 2.26. The first kappa shape index (κ1) is 12.6. The number of alkyl halides is 3. The van der Waals surface area contributed by atoms with Crippen LogP contribution >= 0.6 is 11.6 Å². The number of aromatic nitrogens is 1. The summed E-state index contributed by atoms with van der Waals surface area (Å²) in [5.74, 6) is -0.597. The molecule has 1 aromatic rings. The lowest BCUT2D eigenvalue weighted by atomic mass is 10.2. The molecule has 16 heavy (non-hydrogen) atoms. The van der Waals surface area contributed by atoms with Gasteiger partial charge in [-0.25, -0.2) is 13.8 Å². The maximum Gasteiger partial charge on any atom is 0.285 e. The molecule has 0 saturated carbocycles. The minimum Gasteiger partial charge on any atom is -0.480 e. The zero-order chi connectivity index (χ0) is 12.3. The van der Waals surface area contributed by atoms with Gasteiger partial charge in [-0.2, -0.15) is 0 Å². The largest absolute Gasteiger partial charge is 0.480 e. The van der Waals surface area contributed by atoms with Gasteiger partial charge in [-0.05, 0) is 0 Å². The van der Waals surface area contributed by atoms with Crippen LogP contribution in [0.5, 0.6) is 5.88 Å². The topological polar surface area (TPSA) is 65.3 Å². The standard InChI is InChI=1S/C8H7ClF2N2O3/c1-16-8-6(7(10)11)5(13(14)15)2-4(3-9)12-8/h2,7H,3H2,1H3. The van der Waals surface area contributed by atoms with Crippen molar-refractivity contribution in [2.75, 3.05) is 7.11 Å². The molecule has 0 aliphatic rings. The van der Waals surface area contributed by atoms with Crippen molar-refractivity contribution in [3.63, 3.8) is 0 Å². The van der Waals surface area contributed by atoms with Crippen molar-refractivity contribution in [1.82, 2.24) is 4.98 Å². The molecule has 0 aliphatic carbocycles. The maximum atomic E-state index is 12.6. The number of hydrogen-bond donors (Lipinski definition) is 0. The Labute approximate surface area is 94.1 Å². The summed E-state index contributed by atoms with van der Waals surface area (Å²) >= 11 is 5.44. The van der Waals surface area contributed by atoms with Crippen LogP contribution in [-0.2, 0) is 5.88 Å². The van der Waals surface area contributed by atoms with Crippen LogP contribution in [0.2, 0.25) is 0 Å². The Balaban J connectivity index is 3.47. The second-order valence-corrected chi connectivity index (χ2v) is 3.01. The summed E-state index contributed by atoms with van der Waals surface area (Å²) in [6.45, 7) is 0. The highest BCUT2D eigenvalue weighted by Gasteiger charge is 2.28. The van der Waals surface area contributed by atoms with Gasteiger partial charge in [0.2, 0.25) is 5.88 Å². The Morgan fingerprint density at radius 2 is 2.31 bits per heavy atom. The van der Waals surface area contributed by atoms with Gasteiger partial charge in [-0.3, -0.25) is 10.1 Å². The summed E-state index contributed by atoms with van der Waals surface area (Å²) in [7, 11) is 1.11. The van der Waals surface area contributed by atoms with Gasteiger partial charge in [0.05, 0.1) is 23.6 Å². The minimum atomic E-state index is -3.03. The molecule has 1 aromatic heterocycles. The van der Waals surface area contributed by atoms with Crippen molar-refractivity contribution in [1.29, 1.82) is 0 Å². The van der Waals surface area contributed by atoms with E-state index in [1.807, 2.05) is 0 Å². The lowest BCUT2D eigenvalue weighted by Crippen LogP contribution is -2.04. The first-order valence-corrected chi connectivity index (χ1v) is 4.61. The Morgan fingerprint density at radius 1 is 1.69 bits per heavy atom. The predicted molar refractivity (Wildman–Crippen MR) is 52.0 cm³/mol. The lowest BCUT2D eigenvalue weighted by Gasteiger charge is -2.08. The minimum absolute atomic E-state index is 0.106. The molecule has 0 atom stereocenters. The van der Waals surface area contributed by atoms with E-state index in [-0.39, 0.29) is 11.6 Å². The third-order valence-corrected chi connectivity index (χ3v) is 2.07. The molecule has 0 amide bonds. The van der Waals surface area contributed by atoms with E-state index >= 15 is 0 Å². The smallest absolute Gasteiger partial charge is 0.285 e. The normalized spacial score (nSPS) is 10.6. The summed E-state index contributed by atoms with van der Waals surface area (Å²) in [4.78, 5) is 13.3. The number of pyridine rings is 1. The molecule has 8 heteroatoms. The van der Waals surface area contributed by atoms with Crippen LogP contribution in [0.25, 0.3) is 0 Å². The number of hydrogen-bond acceptors (Lipinski definition) is 4. The van der Waals surface area contributed by atoms with Crippen molar-refractivity contribution >= 4 is 17.3 Å². The average molecular weight is 253 g/mol. The van der Waals surface area contributed by atoms with Crippen LogP contribution in [-0.4, -0.2) is 17.0 Å². The molecule has 0 aliphatic heterocycles. The molecule has 88 valence electrons. The monoisotopic (exact) mass is 252 g/mol. The molecule has 0 saturated heterocycles. The quantitative estimate of drug-likeness (QED) is 0.469. The SMILES string of the molecule is COc1nc(CCl)cc([N+](=O)[O-])c1C(F)F. The van der Waals surface area contributed by atoms with Crippen molar-refractivity contribution in [2.45, 2.75) is 12.3 Å². The fourth-order valence-corrected chi connectivity index (χ4v) is 1.29. The third-order valence-electron chi connectivity index (χ3n) is 1.80. The fraction of sp³-hybridized carbons (Fsp3) is 0.375. The van der Waals surface area contributed by atoms with Gasteiger partial charge in [-0.15, -0.1) is 11.6 Å². The molecule has 1 rings (SSSR count). The first-order valence-electron chi connectivity index (χ1n) is 4.07. The van der Waals surface area contributed by atoms with Crippen LogP contribution in [0.4, 0.5) is 14.5 Å². The summed E-state index contributed by atoms with van der Waals surface area (Å²) < 4.78 is 29.8. The van der Waals surface area contributed by atoms with E-state index in [4.69, 9.17) is 11.6 Å². The van der Waals surface area contributed by atoms with Crippen molar-refractivity contribution in [3.8, 4) is 5.88 Å². The van der Waals surface area contributed by atoms with E-state index in [9.17, 15) is 18.9 Å². The molecule has 0 radical (unpaired) electrons. The molecule has 1 heterocycles. The molecule has 0 aromatic carbocycles. The van der Waals surface area contributed by atoms with Crippen LogP contribution in [0.15, 0.2) is 6.07 Å². The molecule has 0 bridgehead atoms. The van der Waals surface area contributed by atoms with Crippen LogP contribution in [0, 0.1) is 10.1 Å². The maximum absolute atomic E-state index is 12.6. The second-order valence-electron chi connectivity index (χ2n) is 2.75. The summed E-state index contributed by atoms with van der Waals surface area (Å²) in [5.41, 5.74) is -1.46. The molecular formula is C8H7ClF2N2O3. The number of ether oxygens (including phenoxy) is 1. The van der Waals surface area contributed by atoms with Crippen molar-refractivity contribution in [3.05, 3.63) is 27.4 Å². The van der Waals surface area contributed by atoms with Gasteiger partial charge < -0.3 is 4.74 Å². The van der Waals surface area contributed by atoms with E-state index < -0.39 is 28.5 Å². The number of nitro groups is 1. The summed E-state index contributed by atoms with van der Waals surface area (Å²) in [5, 5.41) is 10.6. The lowest BCUT2D eigenvalue weighted by molar-refractivity contribution is -0.386. The van der Waals surface area contributed by atoms with Gasteiger partial charge in [0.1, 0.15) is 0 Å². The molecular weight excluding hydrogens is 246 g/mol. The van der Waals surface area contributed by atoms with Gasteiger partial charge in [0.15, 0.2) is 5.56 Å². The second kappa shape index (κ2) is 5.02. The molecule has 5 nitrogen and oxygen atoms in total. The van der Waals surface area contributed by atoms with Gasteiger partial charge in [-0.1, -0.05) is 0 Å². The Morgan fingerprint density at radius 3 is 2.69 bits per heavy atom. The molecule has 0 N–H and O–H groups in total. The van der Waals surface area contributed by atoms with Gasteiger partial charge in [0, 0.05) is 6.07 Å². The summed E-state index contributed by atoms with van der Waals surface area (Å²) in [6, 6.07) is 0.914. The number of methoxy groups -OCH3 is 1. The van der Waals surface area contributed by atoms with Gasteiger partial charge >= 0.3 is 0 Å². The van der Waals surface area contributed by atoms with E-state index in [1.165, 1.54) is 0 Å². The van der Waals surface area contributed by atoms with Crippen LogP contribution in [0.3, 0.4) is 0 Å². The zero-order valence-electron chi connectivity index (χ0n) is 8.11. The number of nitrogens with zero attached hydrogens (tertiary/aromatic N) is 2. The predicted octanol–water partition coefficient (Wildman–Crippen LogP) is 2.67. The van der Waals surface area contributed by atoms with E-state index in [1.54, 1.807) is 0 Å². The third kappa shape index (κ3) is 2.35. The molecule has 0 spiro atoms. The van der Waals surface area contributed by atoms with Crippen molar-refractivity contribution in [2.24, 2.45) is 0 Å². The highest BCUT2D eigenvalue weighted by Crippen LogP contribution is 2.36. The van der Waals surface area contributed by atoms with Crippen molar-refractivity contribution < 1.29 is 18.4 Å². The highest BCUT2D eigenvalue weighted by molar-refractivity contribution is 6.16.